The predicted octanol–water partition coefficient (Wildman–Crippen LogP) is 1.15. The first-order chi connectivity index (χ1) is 9.08. The molecule has 0 spiro atoms. The number of carbonyl (C=O) groups excluding carboxylic acids is 2. The molecule has 1 aromatic rings. The summed E-state index contributed by atoms with van der Waals surface area (Å²) in [6, 6.07) is 4.80. The second-order valence-corrected chi connectivity index (χ2v) is 5.41. The fourth-order valence-electron chi connectivity index (χ4n) is 2.24. The SMILES string of the molecule is NC(=O)CSCC(=O)NC1CCc2c(F)cccc21. The van der Waals surface area contributed by atoms with Crippen molar-refractivity contribution in [3.8, 4) is 0 Å². The number of nitrogens with one attached hydrogen (secondary N) is 1. The Morgan fingerprint density at radius 2 is 2.21 bits per heavy atom. The smallest absolute Gasteiger partial charge is 0.230 e. The average molecular weight is 282 g/mol. The monoisotopic (exact) mass is 282 g/mol. The molecule has 0 fully saturated rings. The van der Waals surface area contributed by atoms with Gasteiger partial charge in [0.15, 0.2) is 0 Å². The number of hydrogen-bond donors (Lipinski definition) is 2. The molecule has 19 heavy (non-hydrogen) atoms. The zero-order valence-corrected chi connectivity index (χ0v) is 11.1. The number of halogens is 1. The molecule has 0 radical (unpaired) electrons. The van der Waals surface area contributed by atoms with Crippen molar-refractivity contribution in [2.45, 2.75) is 18.9 Å². The number of carbonyl (C=O) groups is 2. The maximum Gasteiger partial charge on any atom is 0.230 e. The summed E-state index contributed by atoms with van der Waals surface area (Å²) in [6.45, 7) is 0. The number of primary amides is 1. The van der Waals surface area contributed by atoms with Crippen LogP contribution >= 0.6 is 11.8 Å². The summed E-state index contributed by atoms with van der Waals surface area (Å²) >= 11 is 1.18. The van der Waals surface area contributed by atoms with E-state index in [1.54, 1.807) is 6.07 Å². The van der Waals surface area contributed by atoms with Gasteiger partial charge in [-0.25, -0.2) is 4.39 Å². The lowest BCUT2D eigenvalue weighted by Crippen LogP contribution is -2.29. The van der Waals surface area contributed by atoms with Crippen LogP contribution in [-0.4, -0.2) is 23.3 Å². The first-order valence-electron chi connectivity index (χ1n) is 6.00. The van der Waals surface area contributed by atoms with Gasteiger partial charge in [-0.15, -0.1) is 11.8 Å². The number of benzene rings is 1. The molecule has 0 heterocycles. The highest BCUT2D eigenvalue weighted by molar-refractivity contribution is 8.00. The maximum atomic E-state index is 13.5. The van der Waals surface area contributed by atoms with Crippen LogP contribution in [0.3, 0.4) is 0 Å². The number of nitrogens with two attached hydrogens (primary N) is 1. The molecule has 2 amide bonds. The Morgan fingerprint density at radius 1 is 1.42 bits per heavy atom. The van der Waals surface area contributed by atoms with E-state index in [-0.39, 0.29) is 29.3 Å². The molecule has 2 rings (SSSR count). The summed E-state index contributed by atoms with van der Waals surface area (Å²) in [7, 11) is 0. The second-order valence-electron chi connectivity index (χ2n) is 4.43. The predicted molar refractivity (Wildman–Crippen MR) is 72.1 cm³/mol. The normalized spacial score (nSPS) is 17.0. The summed E-state index contributed by atoms with van der Waals surface area (Å²) < 4.78 is 13.5. The molecule has 1 aliphatic rings. The first-order valence-corrected chi connectivity index (χ1v) is 7.16. The number of hydrogen-bond acceptors (Lipinski definition) is 3. The van der Waals surface area contributed by atoms with E-state index in [4.69, 9.17) is 5.73 Å². The van der Waals surface area contributed by atoms with Crippen molar-refractivity contribution in [2.75, 3.05) is 11.5 Å². The van der Waals surface area contributed by atoms with E-state index in [2.05, 4.69) is 5.32 Å². The summed E-state index contributed by atoms with van der Waals surface area (Å²) in [6.07, 6.45) is 1.35. The van der Waals surface area contributed by atoms with Crippen molar-refractivity contribution >= 4 is 23.6 Å². The third kappa shape index (κ3) is 3.47. The molecule has 6 heteroatoms. The molecule has 0 saturated carbocycles. The van der Waals surface area contributed by atoms with Crippen LogP contribution in [0, 0.1) is 5.82 Å². The van der Waals surface area contributed by atoms with Crippen LogP contribution in [0.4, 0.5) is 4.39 Å². The molecule has 1 aliphatic carbocycles. The van der Waals surface area contributed by atoms with Gasteiger partial charge >= 0.3 is 0 Å². The van der Waals surface area contributed by atoms with Crippen LogP contribution in [0.15, 0.2) is 18.2 Å². The third-order valence-electron chi connectivity index (χ3n) is 3.03. The zero-order valence-electron chi connectivity index (χ0n) is 10.3. The van der Waals surface area contributed by atoms with Gasteiger partial charge in [-0.1, -0.05) is 12.1 Å². The first kappa shape index (κ1) is 13.9. The lowest BCUT2D eigenvalue weighted by atomic mass is 10.1. The lowest BCUT2D eigenvalue weighted by molar-refractivity contribution is -0.119. The van der Waals surface area contributed by atoms with Gasteiger partial charge in [-0.2, -0.15) is 0 Å². The van der Waals surface area contributed by atoms with Crippen molar-refractivity contribution in [2.24, 2.45) is 5.73 Å². The Kier molecular flexibility index (Phi) is 4.42. The van der Waals surface area contributed by atoms with E-state index in [0.29, 0.717) is 18.4 Å². The maximum absolute atomic E-state index is 13.5. The number of thioether (sulfide) groups is 1. The van der Waals surface area contributed by atoms with Crippen LogP contribution in [-0.2, 0) is 16.0 Å². The standard InChI is InChI=1S/C13H15FN2O2S/c14-10-3-1-2-9-8(10)4-5-11(9)16-13(18)7-19-6-12(15)17/h1-3,11H,4-7H2,(H2,15,17)(H,16,18). The molecular weight excluding hydrogens is 267 g/mol. The average Bonchev–Trinajstić information content (AvgIpc) is 2.73. The number of amides is 2. The Morgan fingerprint density at radius 3 is 2.95 bits per heavy atom. The molecule has 0 aromatic heterocycles. The summed E-state index contributed by atoms with van der Waals surface area (Å²) in [4.78, 5) is 22.3. The van der Waals surface area contributed by atoms with Gasteiger partial charge in [0, 0.05) is 0 Å². The van der Waals surface area contributed by atoms with E-state index in [9.17, 15) is 14.0 Å². The molecule has 4 nitrogen and oxygen atoms in total. The van der Waals surface area contributed by atoms with Gasteiger partial charge in [0.05, 0.1) is 17.5 Å². The van der Waals surface area contributed by atoms with E-state index in [1.807, 2.05) is 6.07 Å². The Labute approximate surface area is 114 Å². The molecule has 0 bridgehead atoms. The fourth-order valence-corrected chi connectivity index (χ4v) is 2.81. The molecule has 3 N–H and O–H groups in total. The quantitative estimate of drug-likeness (QED) is 0.851. The van der Waals surface area contributed by atoms with Crippen molar-refractivity contribution in [3.63, 3.8) is 0 Å². The minimum absolute atomic E-state index is 0.128. The third-order valence-corrected chi connectivity index (χ3v) is 3.98. The van der Waals surface area contributed by atoms with E-state index < -0.39 is 5.91 Å². The number of fused-ring (bicyclic) bond motifs is 1. The van der Waals surface area contributed by atoms with Crippen LogP contribution < -0.4 is 11.1 Å². The largest absolute Gasteiger partial charge is 0.369 e. The van der Waals surface area contributed by atoms with Gasteiger partial charge in [0.2, 0.25) is 11.8 Å². The van der Waals surface area contributed by atoms with Crippen LogP contribution in [0.25, 0.3) is 0 Å². The van der Waals surface area contributed by atoms with Crippen LogP contribution in [0.5, 0.6) is 0 Å². The summed E-state index contributed by atoms with van der Waals surface area (Å²) in [5.41, 5.74) is 6.54. The highest BCUT2D eigenvalue weighted by atomic mass is 32.2. The van der Waals surface area contributed by atoms with Gasteiger partial charge in [0.1, 0.15) is 5.82 Å². The molecular formula is C13H15FN2O2S. The Hall–Kier alpha value is -1.56. The molecule has 0 aliphatic heterocycles. The van der Waals surface area contributed by atoms with Crippen LogP contribution in [0.2, 0.25) is 0 Å². The van der Waals surface area contributed by atoms with Crippen molar-refractivity contribution in [1.82, 2.24) is 5.32 Å². The molecule has 1 unspecified atom stereocenters. The molecule has 0 saturated heterocycles. The molecule has 1 atom stereocenters. The Bertz CT molecular complexity index is 507. The highest BCUT2D eigenvalue weighted by Crippen LogP contribution is 2.32. The van der Waals surface area contributed by atoms with Gasteiger partial charge in [-0.05, 0) is 30.0 Å². The van der Waals surface area contributed by atoms with Crippen molar-refractivity contribution in [3.05, 3.63) is 35.1 Å². The Balaban J connectivity index is 1.90. The highest BCUT2D eigenvalue weighted by Gasteiger charge is 2.25. The fraction of sp³-hybridized carbons (Fsp3) is 0.385. The summed E-state index contributed by atoms with van der Waals surface area (Å²) in [5, 5.41) is 2.86. The van der Waals surface area contributed by atoms with Crippen LogP contribution in [0.1, 0.15) is 23.6 Å². The van der Waals surface area contributed by atoms with Crippen molar-refractivity contribution < 1.29 is 14.0 Å². The van der Waals surface area contributed by atoms with Gasteiger partial charge in [-0.3, -0.25) is 9.59 Å². The summed E-state index contributed by atoms with van der Waals surface area (Å²) in [5.74, 6) is -0.496. The van der Waals surface area contributed by atoms with E-state index >= 15 is 0 Å². The number of rotatable bonds is 5. The minimum Gasteiger partial charge on any atom is -0.369 e. The lowest BCUT2D eigenvalue weighted by Gasteiger charge is -2.13. The van der Waals surface area contributed by atoms with Gasteiger partial charge in [0.25, 0.3) is 0 Å². The second kappa shape index (κ2) is 6.06. The van der Waals surface area contributed by atoms with E-state index in [0.717, 1.165) is 5.56 Å². The van der Waals surface area contributed by atoms with Crippen molar-refractivity contribution in [1.29, 1.82) is 0 Å². The van der Waals surface area contributed by atoms with E-state index in [1.165, 1.54) is 17.8 Å². The molecule has 1 aromatic carbocycles. The van der Waals surface area contributed by atoms with Gasteiger partial charge < -0.3 is 11.1 Å². The molecule has 102 valence electrons. The zero-order chi connectivity index (χ0) is 13.8. The minimum atomic E-state index is -0.439. The topological polar surface area (TPSA) is 72.2 Å².